The van der Waals surface area contributed by atoms with Crippen LogP contribution in [0.5, 0.6) is 0 Å². The van der Waals surface area contributed by atoms with Crippen molar-refractivity contribution in [2.45, 2.75) is 58.5 Å². The Morgan fingerprint density at radius 3 is 2.86 bits per heavy atom. The van der Waals surface area contributed by atoms with Crippen LogP contribution in [0.15, 0.2) is 16.9 Å². The van der Waals surface area contributed by atoms with E-state index in [0.29, 0.717) is 42.2 Å². The molecule has 4 heterocycles. The van der Waals surface area contributed by atoms with E-state index in [4.69, 9.17) is 4.98 Å². The first-order valence-corrected chi connectivity index (χ1v) is 11.1. The van der Waals surface area contributed by atoms with Gasteiger partial charge in [0.1, 0.15) is 5.82 Å². The van der Waals surface area contributed by atoms with Gasteiger partial charge in [0.15, 0.2) is 0 Å². The zero-order valence-electron chi connectivity index (χ0n) is 16.9. The van der Waals surface area contributed by atoms with Gasteiger partial charge in [-0.05, 0) is 38.3 Å². The average molecular weight is 415 g/mol. The second-order valence-electron chi connectivity index (χ2n) is 7.76. The Kier molecular flexibility index (Phi) is 5.54. The largest absolute Gasteiger partial charge is 0.333 e. The molecule has 7 nitrogen and oxygen atoms in total. The van der Waals surface area contributed by atoms with E-state index in [9.17, 15) is 14.4 Å². The number of aromatic nitrogens is 2. The molecule has 1 saturated heterocycles. The molecule has 1 atom stereocenters. The van der Waals surface area contributed by atoms with Crippen LogP contribution in [0, 0.1) is 6.92 Å². The van der Waals surface area contributed by atoms with Crippen LogP contribution in [-0.2, 0) is 17.8 Å². The average Bonchev–Trinajstić information content (AvgIpc) is 3.36. The Morgan fingerprint density at radius 2 is 2.14 bits per heavy atom. The van der Waals surface area contributed by atoms with E-state index in [2.05, 4.69) is 4.98 Å². The van der Waals surface area contributed by atoms with Crippen LogP contribution in [0.3, 0.4) is 0 Å². The molecule has 0 saturated carbocycles. The third-order valence-corrected chi connectivity index (χ3v) is 6.67. The predicted octanol–water partition coefficient (Wildman–Crippen LogP) is 2.80. The second-order valence-corrected chi connectivity index (χ2v) is 9.05. The lowest BCUT2D eigenvalue weighted by molar-refractivity contribution is -0.132. The van der Waals surface area contributed by atoms with E-state index in [-0.39, 0.29) is 30.0 Å². The molecule has 0 bridgehead atoms. The zero-order valence-corrected chi connectivity index (χ0v) is 17.7. The van der Waals surface area contributed by atoms with Gasteiger partial charge in [0.25, 0.3) is 11.5 Å². The monoisotopic (exact) mass is 414 g/mol. The number of carbonyl (C=O) groups excluding carboxylic acids is 2. The second kappa shape index (κ2) is 8.10. The quantitative estimate of drug-likeness (QED) is 0.834. The topological polar surface area (TPSA) is 86.4 Å². The van der Waals surface area contributed by atoms with Gasteiger partial charge in [-0.3, -0.25) is 14.4 Å². The summed E-state index contributed by atoms with van der Waals surface area (Å²) in [4.78, 5) is 51.0. The first-order valence-electron chi connectivity index (χ1n) is 10.2. The number of hydrogen-bond acceptors (Lipinski definition) is 5. The first kappa shape index (κ1) is 19.8. The highest BCUT2D eigenvalue weighted by molar-refractivity contribution is 7.13. The number of thiophene rings is 1. The maximum Gasteiger partial charge on any atom is 0.264 e. The summed E-state index contributed by atoms with van der Waals surface area (Å²) in [6.45, 7) is 5.50. The highest BCUT2D eigenvalue weighted by Gasteiger charge is 2.33. The van der Waals surface area contributed by atoms with Crippen LogP contribution in [0.25, 0.3) is 0 Å². The van der Waals surface area contributed by atoms with Gasteiger partial charge in [-0.15, -0.1) is 11.3 Å². The summed E-state index contributed by atoms with van der Waals surface area (Å²) in [5, 5.41) is 0. The van der Waals surface area contributed by atoms with Crippen molar-refractivity contribution in [2.24, 2.45) is 0 Å². The number of carbonyl (C=O) groups is 2. The van der Waals surface area contributed by atoms with Crippen LogP contribution in [0.1, 0.15) is 70.3 Å². The van der Waals surface area contributed by atoms with Gasteiger partial charge in [-0.25, -0.2) is 4.98 Å². The molecule has 2 aliphatic heterocycles. The number of rotatable bonds is 4. The summed E-state index contributed by atoms with van der Waals surface area (Å²) in [7, 11) is 0. The maximum absolute atomic E-state index is 12.8. The molecule has 0 radical (unpaired) electrons. The molecule has 2 aromatic heterocycles. The standard InChI is InChI=1S/C21H26N4O3S/c1-3-5-18(26)25-10-4-6-16(25)19-22-15-9-11-24(12-14(15)20(27)23-19)21(28)17-8-7-13(2)29-17/h7-8,16H,3-6,9-12H2,1-2H3,(H,22,23,27)/t16-/m0/s1. The Hall–Kier alpha value is -2.48. The van der Waals surface area contributed by atoms with Crippen LogP contribution < -0.4 is 5.56 Å². The molecule has 154 valence electrons. The smallest absolute Gasteiger partial charge is 0.264 e. The van der Waals surface area contributed by atoms with Crippen molar-refractivity contribution in [3.8, 4) is 0 Å². The zero-order chi connectivity index (χ0) is 20.5. The van der Waals surface area contributed by atoms with Gasteiger partial charge in [0.05, 0.1) is 28.7 Å². The van der Waals surface area contributed by atoms with Crippen molar-refractivity contribution in [1.29, 1.82) is 0 Å². The van der Waals surface area contributed by atoms with Gasteiger partial charge in [-0.2, -0.15) is 0 Å². The lowest BCUT2D eigenvalue weighted by atomic mass is 10.1. The number of hydrogen-bond donors (Lipinski definition) is 1. The summed E-state index contributed by atoms with van der Waals surface area (Å²) in [5.74, 6) is 0.673. The number of likely N-dealkylation sites (tertiary alicyclic amines) is 1. The number of aromatic amines is 1. The Labute approximate surface area is 173 Å². The van der Waals surface area contributed by atoms with E-state index in [1.54, 1.807) is 4.90 Å². The molecule has 0 unspecified atom stereocenters. The maximum atomic E-state index is 12.8. The number of fused-ring (bicyclic) bond motifs is 1. The lowest BCUT2D eigenvalue weighted by Gasteiger charge is -2.29. The molecule has 0 aliphatic carbocycles. The fourth-order valence-electron chi connectivity index (χ4n) is 4.19. The summed E-state index contributed by atoms with van der Waals surface area (Å²) < 4.78 is 0. The summed E-state index contributed by atoms with van der Waals surface area (Å²) in [5.41, 5.74) is 1.12. The molecule has 1 N–H and O–H groups in total. The van der Waals surface area contributed by atoms with Crippen molar-refractivity contribution in [1.82, 2.24) is 19.8 Å². The van der Waals surface area contributed by atoms with Crippen LogP contribution >= 0.6 is 11.3 Å². The lowest BCUT2D eigenvalue weighted by Crippen LogP contribution is -2.40. The van der Waals surface area contributed by atoms with Crippen LogP contribution in [-0.4, -0.2) is 44.7 Å². The number of amides is 2. The van der Waals surface area contributed by atoms with Crippen LogP contribution in [0.4, 0.5) is 0 Å². The summed E-state index contributed by atoms with van der Waals surface area (Å²) >= 11 is 1.47. The molecule has 2 aliphatic rings. The molecule has 0 aromatic carbocycles. The Morgan fingerprint density at radius 1 is 1.31 bits per heavy atom. The predicted molar refractivity (Wildman–Crippen MR) is 111 cm³/mol. The number of nitrogens with one attached hydrogen (secondary N) is 1. The number of aryl methyl sites for hydroxylation is 1. The minimum atomic E-state index is -0.195. The van der Waals surface area contributed by atoms with Crippen molar-refractivity contribution in [3.05, 3.63) is 49.3 Å². The molecule has 8 heteroatoms. The molecule has 29 heavy (non-hydrogen) atoms. The van der Waals surface area contributed by atoms with Gasteiger partial charge in [0, 0.05) is 30.8 Å². The molecule has 0 spiro atoms. The van der Waals surface area contributed by atoms with Gasteiger partial charge < -0.3 is 14.8 Å². The summed E-state index contributed by atoms with van der Waals surface area (Å²) in [6.07, 6.45) is 3.62. The third kappa shape index (κ3) is 3.85. The van der Waals surface area contributed by atoms with Gasteiger partial charge >= 0.3 is 0 Å². The van der Waals surface area contributed by atoms with Crippen molar-refractivity contribution in [2.75, 3.05) is 13.1 Å². The first-order chi connectivity index (χ1) is 14.0. The van der Waals surface area contributed by atoms with Crippen molar-refractivity contribution in [3.63, 3.8) is 0 Å². The van der Waals surface area contributed by atoms with Gasteiger partial charge in [-0.1, -0.05) is 6.92 Å². The molecular weight excluding hydrogens is 388 g/mol. The molecule has 2 amide bonds. The van der Waals surface area contributed by atoms with E-state index in [1.165, 1.54) is 11.3 Å². The Balaban J connectivity index is 1.56. The SMILES string of the molecule is CCCC(=O)N1CCC[C@H]1c1nc2c(c(=O)[nH]1)CN(C(=O)c1ccc(C)s1)CC2. The number of nitrogens with zero attached hydrogens (tertiary/aromatic N) is 3. The van der Waals surface area contributed by atoms with Gasteiger partial charge in [0.2, 0.25) is 5.91 Å². The normalized spacial score (nSPS) is 18.8. The van der Waals surface area contributed by atoms with E-state index >= 15 is 0 Å². The number of H-pyrrole nitrogens is 1. The highest BCUT2D eigenvalue weighted by Crippen LogP contribution is 2.31. The highest BCUT2D eigenvalue weighted by atomic mass is 32.1. The molecule has 2 aromatic rings. The van der Waals surface area contributed by atoms with E-state index < -0.39 is 0 Å². The molecule has 1 fully saturated rings. The van der Waals surface area contributed by atoms with E-state index in [1.807, 2.05) is 30.9 Å². The van der Waals surface area contributed by atoms with Crippen molar-refractivity contribution >= 4 is 23.2 Å². The summed E-state index contributed by atoms with van der Waals surface area (Å²) in [6, 6.07) is 3.62. The third-order valence-electron chi connectivity index (χ3n) is 5.68. The minimum Gasteiger partial charge on any atom is -0.333 e. The Bertz CT molecular complexity index is 996. The van der Waals surface area contributed by atoms with E-state index in [0.717, 1.165) is 29.8 Å². The van der Waals surface area contributed by atoms with Crippen molar-refractivity contribution < 1.29 is 9.59 Å². The fourth-order valence-corrected chi connectivity index (χ4v) is 5.02. The minimum absolute atomic E-state index is 0.0376. The van der Waals surface area contributed by atoms with Crippen LogP contribution in [0.2, 0.25) is 0 Å². The fraction of sp³-hybridized carbons (Fsp3) is 0.524. The molecule has 4 rings (SSSR count). The molecular formula is C21H26N4O3S.